The topological polar surface area (TPSA) is 78.5 Å². The molecular formula is C15H23N3O3S. The van der Waals surface area contributed by atoms with Crippen LogP contribution in [-0.2, 0) is 14.8 Å². The van der Waals surface area contributed by atoms with Gasteiger partial charge in [-0.3, -0.25) is 4.79 Å². The Balaban J connectivity index is 2.06. The Hall–Kier alpha value is -1.44. The quantitative estimate of drug-likeness (QED) is 0.858. The second kappa shape index (κ2) is 7.21. The van der Waals surface area contributed by atoms with Crippen molar-refractivity contribution in [1.29, 1.82) is 0 Å². The van der Waals surface area contributed by atoms with E-state index in [2.05, 4.69) is 17.6 Å². The van der Waals surface area contributed by atoms with Crippen molar-refractivity contribution in [2.45, 2.75) is 37.6 Å². The molecule has 0 aliphatic carbocycles. The lowest BCUT2D eigenvalue weighted by atomic mass is 10.1. The molecule has 1 aromatic carbocycles. The summed E-state index contributed by atoms with van der Waals surface area (Å²) in [4.78, 5) is 11.2. The SMILES string of the molecule is CCNC1CCN(S(=O)(=O)c2ccc(NC(C)=O)cc2)CC1. The van der Waals surface area contributed by atoms with Gasteiger partial charge in [0.2, 0.25) is 15.9 Å². The molecule has 1 aliphatic heterocycles. The highest BCUT2D eigenvalue weighted by Crippen LogP contribution is 2.22. The number of piperidine rings is 1. The number of carbonyl (C=O) groups is 1. The molecule has 1 heterocycles. The summed E-state index contributed by atoms with van der Waals surface area (Å²) in [5, 5.41) is 5.99. The number of hydrogen-bond donors (Lipinski definition) is 2. The highest BCUT2D eigenvalue weighted by molar-refractivity contribution is 7.89. The third kappa shape index (κ3) is 4.06. The van der Waals surface area contributed by atoms with Crippen LogP contribution in [0, 0.1) is 0 Å². The first-order valence-electron chi connectivity index (χ1n) is 7.54. The molecule has 1 fully saturated rings. The Kier molecular flexibility index (Phi) is 5.55. The number of nitrogens with zero attached hydrogens (tertiary/aromatic N) is 1. The molecule has 1 aromatic rings. The summed E-state index contributed by atoms with van der Waals surface area (Å²) in [5.74, 6) is -0.180. The van der Waals surface area contributed by atoms with Crippen molar-refractivity contribution in [3.8, 4) is 0 Å². The van der Waals surface area contributed by atoms with Gasteiger partial charge in [-0.15, -0.1) is 0 Å². The maximum absolute atomic E-state index is 12.6. The molecule has 1 saturated heterocycles. The second-order valence-electron chi connectivity index (χ2n) is 5.44. The minimum absolute atomic E-state index is 0.180. The number of benzene rings is 1. The number of hydrogen-bond acceptors (Lipinski definition) is 4. The van der Waals surface area contributed by atoms with E-state index in [0.29, 0.717) is 24.8 Å². The van der Waals surface area contributed by atoms with Gasteiger partial charge >= 0.3 is 0 Å². The number of amides is 1. The van der Waals surface area contributed by atoms with Gasteiger partial charge in [-0.2, -0.15) is 4.31 Å². The molecule has 6 nitrogen and oxygen atoms in total. The zero-order valence-electron chi connectivity index (χ0n) is 13.0. The molecule has 0 aromatic heterocycles. The number of rotatable bonds is 5. The average Bonchev–Trinajstić information content (AvgIpc) is 2.48. The molecule has 0 saturated carbocycles. The van der Waals surface area contributed by atoms with Crippen LogP contribution in [0.2, 0.25) is 0 Å². The van der Waals surface area contributed by atoms with E-state index in [1.165, 1.54) is 23.4 Å². The van der Waals surface area contributed by atoms with Crippen molar-refractivity contribution in [2.75, 3.05) is 25.0 Å². The van der Waals surface area contributed by atoms with Crippen molar-refractivity contribution in [2.24, 2.45) is 0 Å². The highest BCUT2D eigenvalue weighted by atomic mass is 32.2. The summed E-state index contributed by atoms with van der Waals surface area (Å²) >= 11 is 0. The van der Waals surface area contributed by atoms with Crippen LogP contribution in [0.25, 0.3) is 0 Å². The van der Waals surface area contributed by atoms with Crippen molar-refractivity contribution in [3.63, 3.8) is 0 Å². The lowest BCUT2D eigenvalue weighted by Gasteiger charge is -2.31. The standard InChI is InChI=1S/C15H23N3O3S/c1-3-16-13-8-10-18(11-9-13)22(20,21)15-6-4-14(5-7-15)17-12(2)19/h4-7,13,16H,3,8-11H2,1-2H3,(H,17,19). The first kappa shape index (κ1) is 16.9. The molecule has 1 aliphatic rings. The molecular weight excluding hydrogens is 302 g/mol. The van der Waals surface area contributed by atoms with Crippen LogP contribution in [0.5, 0.6) is 0 Å². The van der Waals surface area contributed by atoms with Crippen molar-refractivity contribution in [1.82, 2.24) is 9.62 Å². The van der Waals surface area contributed by atoms with Gasteiger partial charge in [0, 0.05) is 31.7 Å². The van der Waals surface area contributed by atoms with E-state index in [-0.39, 0.29) is 10.8 Å². The monoisotopic (exact) mass is 325 g/mol. The molecule has 0 bridgehead atoms. The lowest BCUT2D eigenvalue weighted by molar-refractivity contribution is -0.114. The number of sulfonamides is 1. The fourth-order valence-corrected chi connectivity index (χ4v) is 4.12. The molecule has 122 valence electrons. The van der Waals surface area contributed by atoms with Gasteiger partial charge in [-0.1, -0.05) is 6.92 Å². The summed E-state index contributed by atoms with van der Waals surface area (Å²) in [6.45, 7) is 5.45. The fourth-order valence-electron chi connectivity index (χ4n) is 2.65. The minimum Gasteiger partial charge on any atom is -0.326 e. The maximum atomic E-state index is 12.6. The van der Waals surface area contributed by atoms with Crippen LogP contribution in [0.1, 0.15) is 26.7 Å². The van der Waals surface area contributed by atoms with Gasteiger partial charge in [-0.25, -0.2) is 8.42 Å². The molecule has 7 heteroatoms. The molecule has 2 rings (SSSR count). The van der Waals surface area contributed by atoms with Crippen LogP contribution in [0.4, 0.5) is 5.69 Å². The maximum Gasteiger partial charge on any atom is 0.243 e. The third-order valence-electron chi connectivity index (χ3n) is 3.76. The zero-order chi connectivity index (χ0) is 16.2. The molecule has 1 amide bonds. The number of nitrogens with one attached hydrogen (secondary N) is 2. The van der Waals surface area contributed by atoms with Gasteiger partial charge in [-0.05, 0) is 43.7 Å². The predicted octanol–water partition coefficient (Wildman–Crippen LogP) is 1.41. The first-order chi connectivity index (χ1) is 10.4. The first-order valence-corrected chi connectivity index (χ1v) is 8.98. The fraction of sp³-hybridized carbons (Fsp3) is 0.533. The molecule has 0 atom stereocenters. The Morgan fingerprint density at radius 1 is 1.23 bits per heavy atom. The molecule has 0 unspecified atom stereocenters. The summed E-state index contributed by atoms with van der Waals surface area (Å²) < 4.78 is 26.7. The van der Waals surface area contributed by atoms with Gasteiger partial charge < -0.3 is 10.6 Å². The van der Waals surface area contributed by atoms with Crippen LogP contribution < -0.4 is 10.6 Å². The van der Waals surface area contributed by atoms with Crippen LogP contribution in [-0.4, -0.2) is 44.3 Å². The lowest BCUT2D eigenvalue weighted by Crippen LogP contribution is -2.44. The van der Waals surface area contributed by atoms with Gasteiger partial charge in [0.15, 0.2) is 0 Å². The summed E-state index contributed by atoms with van der Waals surface area (Å²) in [6.07, 6.45) is 1.66. The zero-order valence-corrected chi connectivity index (χ0v) is 13.8. The van der Waals surface area contributed by atoms with E-state index in [4.69, 9.17) is 0 Å². The normalized spacial score (nSPS) is 17.4. The van der Waals surface area contributed by atoms with Crippen molar-refractivity contribution >= 4 is 21.6 Å². The minimum atomic E-state index is -3.45. The van der Waals surface area contributed by atoms with E-state index in [9.17, 15) is 13.2 Å². The van der Waals surface area contributed by atoms with E-state index in [1.807, 2.05) is 0 Å². The van der Waals surface area contributed by atoms with Crippen LogP contribution in [0.3, 0.4) is 0 Å². The summed E-state index contributed by atoms with van der Waals surface area (Å²) in [5.41, 5.74) is 0.595. The smallest absolute Gasteiger partial charge is 0.243 e. The largest absolute Gasteiger partial charge is 0.326 e. The van der Waals surface area contributed by atoms with E-state index >= 15 is 0 Å². The molecule has 22 heavy (non-hydrogen) atoms. The Morgan fingerprint density at radius 2 is 1.82 bits per heavy atom. The Labute approximate surface area is 131 Å². The summed E-state index contributed by atoms with van der Waals surface area (Å²) in [6, 6.07) is 6.70. The van der Waals surface area contributed by atoms with Crippen molar-refractivity contribution < 1.29 is 13.2 Å². The molecule has 0 spiro atoms. The van der Waals surface area contributed by atoms with E-state index < -0.39 is 10.0 Å². The molecule has 2 N–H and O–H groups in total. The van der Waals surface area contributed by atoms with Gasteiger partial charge in [0.1, 0.15) is 0 Å². The number of anilines is 1. The van der Waals surface area contributed by atoms with Crippen LogP contribution >= 0.6 is 0 Å². The third-order valence-corrected chi connectivity index (χ3v) is 5.67. The highest BCUT2D eigenvalue weighted by Gasteiger charge is 2.28. The van der Waals surface area contributed by atoms with Gasteiger partial charge in [0.25, 0.3) is 0 Å². The number of carbonyl (C=O) groups excluding carboxylic acids is 1. The predicted molar refractivity (Wildman–Crippen MR) is 86.2 cm³/mol. The molecule has 0 radical (unpaired) electrons. The van der Waals surface area contributed by atoms with Gasteiger partial charge in [0.05, 0.1) is 4.90 Å². The Bertz CT molecular complexity index is 605. The van der Waals surface area contributed by atoms with E-state index in [0.717, 1.165) is 19.4 Å². The van der Waals surface area contributed by atoms with Crippen LogP contribution in [0.15, 0.2) is 29.2 Å². The van der Waals surface area contributed by atoms with E-state index in [1.54, 1.807) is 12.1 Å². The Morgan fingerprint density at radius 3 is 2.32 bits per heavy atom. The average molecular weight is 325 g/mol. The summed E-state index contributed by atoms with van der Waals surface area (Å²) in [7, 11) is -3.45. The van der Waals surface area contributed by atoms with Crippen molar-refractivity contribution in [3.05, 3.63) is 24.3 Å². The second-order valence-corrected chi connectivity index (χ2v) is 7.38.